The summed E-state index contributed by atoms with van der Waals surface area (Å²) in [5.74, 6) is 0.888. The predicted molar refractivity (Wildman–Crippen MR) is 60.6 cm³/mol. The van der Waals surface area contributed by atoms with Gasteiger partial charge in [0, 0.05) is 0 Å². The smallest absolute Gasteiger partial charge is 0.119 e. The zero-order valence-electron chi connectivity index (χ0n) is 8.16. The molecule has 2 aromatic rings. The van der Waals surface area contributed by atoms with Crippen LogP contribution in [0.1, 0.15) is 5.56 Å². The SMILES string of the molecule is C=Cc1ccc2ccc(OC)cc2c1. The summed E-state index contributed by atoms with van der Waals surface area (Å²) >= 11 is 0. The highest BCUT2D eigenvalue weighted by Crippen LogP contribution is 2.22. The number of hydrogen-bond donors (Lipinski definition) is 0. The number of hydrogen-bond acceptors (Lipinski definition) is 1. The fourth-order valence-electron chi connectivity index (χ4n) is 1.50. The molecule has 1 nitrogen and oxygen atoms in total. The van der Waals surface area contributed by atoms with Gasteiger partial charge in [0.2, 0.25) is 0 Å². The molecule has 0 saturated carbocycles. The van der Waals surface area contributed by atoms with E-state index in [1.54, 1.807) is 7.11 Å². The molecule has 0 aliphatic rings. The van der Waals surface area contributed by atoms with Gasteiger partial charge in [-0.15, -0.1) is 0 Å². The van der Waals surface area contributed by atoms with E-state index in [0.29, 0.717) is 0 Å². The van der Waals surface area contributed by atoms with Gasteiger partial charge in [-0.1, -0.05) is 30.9 Å². The summed E-state index contributed by atoms with van der Waals surface area (Å²) in [6.45, 7) is 3.75. The lowest BCUT2D eigenvalue weighted by molar-refractivity contribution is 0.415. The Morgan fingerprint density at radius 3 is 2.57 bits per heavy atom. The third kappa shape index (κ3) is 1.49. The van der Waals surface area contributed by atoms with Crippen LogP contribution in [0.3, 0.4) is 0 Å². The Bertz CT molecular complexity index is 472. The first-order valence-electron chi connectivity index (χ1n) is 4.54. The fourth-order valence-corrected chi connectivity index (χ4v) is 1.50. The van der Waals surface area contributed by atoms with Crippen molar-refractivity contribution < 1.29 is 4.74 Å². The quantitative estimate of drug-likeness (QED) is 0.694. The van der Waals surface area contributed by atoms with E-state index in [-0.39, 0.29) is 0 Å². The van der Waals surface area contributed by atoms with Crippen LogP contribution in [-0.4, -0.2) is 7.11 Å². The van der Waals surface area contributed by atoms with Crippen LogP contribution in [0.15, 0.2) is 43.0 Å². The van der Waals surface area contributed by atoms with Crippen LogP contribution in [0.2, 0.25) is 0 Å². The van der Waals surface area contributed by atoms with Crippen molar-refractivity contribution in [1.29, 1.82) is 0 Å². The van der Waals surface area contributed by atoms with Crippen molar-refractivity contribution in [1.82, 2.24) is 0 Å². The van der Waals surface area contributed by atoms with Crippen LogP contribution in [0, 0.1) is 0 Å². The Hall–Kier alpha value is -1.76. The molecule has 0 radical (unpaired) electrons. The van der Waals surface area contributed by atoms with Gasteiger partial charge in [-0.05, 0) is 34.5 Å². The molecule has 0 N–H and O–H groups in total. The fraction of sp³-hybridized carbons (Fsp3) is 0.0769. The van der Waals surface area contributed by atoms with Gasteiger partial charge in [-0.25, -0.2) is 0 Å². The van der Waals surface area contributed by atoms with Crippen LogP contribution in [0.25, 0.3) is 16.8 Å². The van der Waals surface area contributed by atoms with Crippen LogP contribution in [0.4, 0.5) is 0 Å². The molecule has 70 valence electrons. The molecule has 2 aromatic carbocycles. The minimum absolute atomic E-state index is 0.888. The number of rotatable bonds is 2. The van der Waals surface area contributed by atoms with Gasteiger partial charge in [0.05, 0.1) is 7.11 Å². The van der Waals surface area contributed by atoms with E-state index in [4.69, 9.17) is 4.74 Å². The zero-order chi connectivity index (χ0) is 9.97. The van der Waals surface area contributed by atoms with Crippen molar-refractivity contribution in [3.8, 4) is 5.75 Å². The van der Waals surface area contributed by atoms with Crippen LogP contribution in [0.5, 0.6) is 5.75 Å². The number of methoxy groups -OCH3 is 1. The molecule has 0 aromatic heterocycles. The molecule has 2 rings (SSSR count). The lowest BCUT2D eigenvalue weighted by Gasteiger charge is -2.03. The summed E-state index contributed by atoms with van der Waals surface area (Å²) in [7, 11) is 1.68. The molecule has 0 bridgehead atoms. The summed E-state index contributed by atoms with van der Waals surface area (Å²) < 4.78 is 5.17. The van der Waals surface area contributed by atoms with E-state index in [1.165, 1.54) is 10.8 Å². The van der Waals surface area contributed by atoms with Crippen molar-refractivity contribution in [2.45, 2.75) is 0 Å². The van der Waals surface area contributed by atoms with Gasteiger partial charge in [-0.2, -0.15) is 0 Å². The highest BCUT2D eigenvalue weighted by Gasteiger charge is 1.96. The van der Waals surface area contributed by atoms with E-state index in [2.05, 4.69) is 30.8 Å². The average molecular weight is 184 g/mol. The second kappa shape index (κ2) is 3.54. The first kappa shape index (κ1) is 8.82. The monoisotopic (exact) mass is 184 g/mol. The van der Waals surface area contributed by atoms with E-state index in [9.17, 15) is 0 Å². The average Bonchev–Trinajstić information content (AvgIpc) is 2.27. The summed E-state index contributed by atoms with van der Waals surface area (Å²) in [5.41, 5.74) is 1.13. The molecule has 1 heteroatoms. The van der Waals surface area contributed by atoms with Gasteiger partial charge >= 0.3 is 0 Å². The molecule has 0 heterocycles. The molecule has 0 saturated heterocycles. The van der Waals surface area contributed by atoms with E-state index in [1.807, 2.05) is 18.2 Å². The lowest BCUT2D eigenvalue weighted by Crippen LogP contribution is -1.82. The van der Waals surface area contributed by atoms with Gasteiger partial charge in [0.1, 0.15) is 5.75 Å². The number of fused-ring (bicyclic) bond motifs is 1. The van der Waals surface area contributed by atoms with E-state index in [0.717, 1.165) is 11.3 Å². The van der Waals surface area contributed by atoms with Crippen molar-refractivity contribution >= 4 is 16.8 Å². The maximum Gasteiger partial charge on any atom is 0.119 e. The minimum atomic E-state index is 0.888. The highest BCUT2D eigenvalue weighted by atomic mass is 16.5. The predicted octanol–water partition coefficient (Wildman–Crippen LogP) is 3.49. The Kier molecular flexibility index (Phi) is 2.23. The van der Waals surface area contributed by atoms with Crippen molar-refractivity contribution in [2.75, 3.05) is 7.11 Å². The summed E-state index contributed by atoms with van der Waals surface area (Å²) in [6.07, 6.45) is 1.85. The largest absolute Gasteiger partial charge is 0.497 e. The molecule has 0 aliphatic carbocycles. The second-order valence-electron chi connectivity index (χ2n) is 3.18. The number of benzene rings is 2. The van der Waals surface area contributed by atoms with Gasteiger partial charge in [-0.3, -0.25) is 0 Å². The minimum Gasteiger partial charge on any atom is -0.497 e. The highest BCUT2D eigenvalue weighted by molar-refractivity contribution is 5.85. The Labute approximate surface area is 83.6 Å². The second-order valence-corrected chi connectivity index (χ2v) is 3.18. The molecule has 0 aliphatic heterocycles. The van der Waals surface area contributed by atoms with Crippen LogP contribution in [-0.2, 0) is 0 Å². The Morgan fingerprint density at radius 1 is 1.07 bits per heavy atom. The van der Waals surface area contributed by atoms with E-state index < -0.39 is 0 Å². The summed E-state index contributed by atoms with van der Waals surface area (Å²) in [5, 5.41) is 2.40. The third-order valence-corrected chi connectivity index (χ3v) is 2.31. The Morgan fingerprint density at radius 2 is 1.86 bits per heavy atom. The molecule has 14 heavy (non-hydrogen) atoms. The summed E-state index contributed by atoms with van der Waals surface area (Å²) in [4.78, 5) is 0. The molecule has 0 fully saturated rings. The third-order valence-electron chi connectivity index (χ3n) is 2.31. The molecular weight excluding hydrogens is 172 g/mol. The molecule has 0 atom stereocenters. The normalized spacial score (nSPS) is 10.1. The van der Waals surface area contributed by atoms with Crippen molar-refractivity contribution in [3.05, 3.63) is 48.5 Å². The maximum absolute atomic E-state index is 5.17. The molecule has 0 amide bonds. The van der Waals surface area contributed by atoms with Gasteiger partial charge in [0.25, 0.3) is 0 Å². The van der Waals surface area contributed by atoms with Gasteiger partial charge < -0.3 is 4.74 Å². The van der Waals surface area contributed by atoms with Crippen LogP contribution < -0.4 is 4.74 Å². The maximum atomic E-state index is 5.17. The summed E-state index contributed by atoms with van der Waals surface area (Å²) in [6, 6.07) is 12.3. The topological polar surface area (TPSA) is 9.23 Å². The first-order chi connectivity index (χ1) is 6.83. The first-order valence-corrected chi connectivity index (χ1v) is 4.54. The van der Waals surface area contributed by atoms with Gasteiger partial charge in [0.15, 0.2) is 0 Å². The van der Waals surface area contributed by atoms with Crippen molar-refractivity contribution in [2.24, 2.45) is 0 Å². The van der Waals surface area contributed by atoms with E-state index >= 15 is 0 Å². The molecule has 0 spiro atoms. The standard InChI is InChI=1S/C13H12O/c1-3-10-4-5-11-6-7-13(14-2)9-12(11)8-10/h3-9H,1H2,2H3. The Balaban J connectivity index is 2.65. The van der Waals surface area contributed by atoms with Crippen LogP contribution >= 0.6 is 0 Å². The van der Waals surface area contributed by atoms with Crippen molar-refractivity contribution in [3.63, 3.8) is 0 Å². The number of ether oxygens (including phenoxy) is 1. The lowest BCUT2D eigenvalue weighted by atomic mass is 10.1. The zero-order valence-corrected chi connectivity index (χ0v) is 8.16. The molecular formula is C13H12O. The molecule has 0 unspecified atom stereocenters.